The van der Waals surface area contributed by atoms with E-state index >= 15 is 0 Å². The Morgan fingerprint density at radius 1 is 0.500 bits per heavy atom. The van der Waals surface area contributed by atoms with E-state index < -0.39 is 0 Å². The van der Waals surface area contributed by atoms with Gasteiger partial charge in [0, 0.05) is 16.5 Å². The molecule has 0 aliphatic heterocycles. The second-order valence-electron chi connectivity index (χ2n) is 7.94. The van der Waals surface area contributed by atoms with Crippen molar-refractivity contribution in [1.29, 1.82) is 0 Å². The van der Waals surface area contributed by atoms with Crippen molar-refractivity contribution < 1.29 is 5.11 Å². The molecule has 0 spiro atoms. The maximum absolute atomic E-state index is 11.0. The summed E-state index contributed by atoms with van der Waals surface area (Å²) in [7, 11) is 0. The Balaban J connectivity index is 1.86. The minimum absolute atomic E-state index is 0.309. The minimum atomic E-state index is 0.309. The van der Waals surface area contributed by atoms with Crippen LogP contribution in [0.1, 0.15) is 0 Å². The molecule has 0 unspecified atom stereocenters. The van der Waals surface area contributed by atoms with Crippen molar-refractivity contribution in [1.82, 2.24) is 4.57 Å². The van der Waals surface area contributed by atoms with E-state index in [2.05, 4.69) is 77.4 Å². The third-order valence-corrected chi connectivity index (χ3v) is 6.42. The molecule has 30 heavy (non-hydrogen) atoms. The summed E-state index contributed by atoms with van der Waals surface area (Å²) in [6.07, 6.45) is 0. The van der Waals surface area contributed by atoms with E-state index in [0.717, 1.165) is 22.1 Å². The van der Waals surface area contributed by atoms with E-state index in [-0.39, 0.29) is 0 Å². The van der Waals surface area contributed by atoms with Crippen LogP contribution in [-0.2, 0) is 0 Å². The number of hydrogen-bond donors (Lipinski definition) is 1. The average Bonchev–Trinajstić information content (AvgIpc) is 3.16. The predicted octanol–water partition coefficient (Wildman–Crippen LogP) is 7.39. The zero-order chi connectivity index (χ0) is 19.8. The lowest BCUT2D eigenvalue weighted by molar-refractivity contribution is 0.480. The van der Waals surface area contributed by atoms with E-state index in [0.29, 0.717) is 5.75 Å². The van der Waals surface area contributed by atoms with Crippen LogP contribution in [0.5, 0.6) is 5.75 Å². The van der Waals surface area contributed by atoms with Crippen LogP contribution in [0.25, 0.3) is 59.8 Å². The molecule has 0 radical (unpaired) electrons. The number of rotatable bonds is 1. The first-order valence-corrected chi connectivity index (χ1v) is 10.2. The number of para-hydroxylation sites is 1. The highest BCUT2D eigenvalue weighted by Gasteiger charge is 2.22. The highest BCUT2D eigenvalue weighted by molar-refractivity contribution is 6.38. The Hall–Kier alpha value is -4.04. The van der Waals surface area contributed by atoms with Gasteiger partial charge in [-0.1, -0.05) is 66.7 Å². The van der Waals surface area contributed by atoms with Gasteiger partial charge in [-0.25, -0.2) is 0 Å². The quantitative estimate of drug-likeness (QED) is 0.294. The molecule has 2 heteroatoms. The summed E-state index contributed by atoms with van der Waals surface area (Å²) in [5, 5.41) is 20.7. The summed E-state index contributed by atoms with van der Waals surface area (Å²) in [6, 6.07) is 33.7. The molecule has 0 aliphatic rings. The zero-order valence-corrected chi connectivity index (χ0v) is 16.1. The minimum Gasteiger partial charge on any atom is -0.506 e. The lowest BCUT2D eigenvalue weighted by Gasteiger charge is -2.11. The van der Waals surface area contributed by atoms with Crippen molar-refractivity contribution in [3.05, 3.63) is 97.1 Å². The predicted molar refractivity (Wildman–Crippen MR) is 126 cm³/mol. The maximum Gasteiger partial charge on any atom is 0.140 e. The summed E-state index contributed by atoms with van der Waals surface area (Å²) in [6.45, 7) is 0. The fourth-order valence-electron chi connectivity index (χ4n) is 5.23. The van der Waals surface area contributed by atoms with Crippen molar-refractivity contribution in [3.63, 3.8) is 0 Å². The second-order valence-corrected chi connectivity index (χ2v) is 7.94. The average molecular weight is 383 g/mol. The van der Waals surface area contributed by atoms with E-state index in [1.165, 1.54) is 37.7 Å². The molecule has 2 nitrogen and oxygen atoms in total. The standard InChI is InChI=1S/C28H17NO/c30-24-16-15-21-20-14-13-17-7-4-5-10-19(17)25(20)22-11-6-12-23-26(22)27(21)28(24)29(23)18-8-2-1-3-9-18/h1-16,30H. The lowest BCUT2D eigenvalue weighted by Crippen LogP contribution is -1.93. The van der Waals surface area contributed by atoms with Gasteiger partial charge in [0.2, 0.25) is 0 Å². The molecule has 1 N–H and O–H groups in total. The number of nitrogens with zero attached hydrogens (tertiary/aromatic N) is 1. The van der Waals surface area contributed by atoms with Crippen molar-refractivity contribution >= 4 is 54.1 Å². The van der Waals surface area contributed by atoms with Crippen LogP contribution >= 0.6 is 0 Å². The van der Waals surface area contributed by atoms with Gasteiger partial charge in [0.15, 0.2) is 0 Å². The summed E-state index contributed by atoms with van der Waals surface area (Å²) in [5.74, 6) is 0.309. The number of aromatic hydroxyl groups is 1. The smallest absolute Gasteiger partial charge is 0.140 e. The molecule has 0 amide bonds. The first kappa shape index (κ1) is 15.8. The molecular formula is C28H17NO. The van der Waals surface area contributed by atoms with Gasteiger partial charge < -0.3 is 9.67 Å². The third-order valence-electron chi connectivity index (χ3n) is 6.42. The molecular weight excluding hydrogens is 366 g/mol. The van der Waals surface area contributed by atoms with Gasteiger partial charge >= 0.3 is 0 Å². The topological polar surface area (TPSA) is 25.2 Å². The number of hydrogen-bond acceptors (Lipinski definition) is 1. The molecule has 1 heterocycles. The van der Waals surface area contributed by atoms with Crippen LogP contribution in [0.15, 0.2) is 97.1 Å². The molecule has 7 rings (SSSR count). The van der Waals surface area contributed by atoms with E-state index in [9.17, 15) is 5.11 Å². The molecule has 0 bridgehead atoms. The fourth-order valence-corrected chi connectivity index (χ4v) is 5.23. The van der Waals surface area contributed by atoms with Gasteiger partial charge in [-0.3, -0.25) is 0 Å². The Morgan fingerprint density at radius 3 is 2.13 bits per heavy atom. The first-order valence-electron chi connectivity index (χ1n) is 10.2. The molecule has 7 aromatic rings. The molecule has 6 aromatic carbocycles. The van der Waals surface area contributed by atoms with Crippen molar-refractivity contribution in [2.75, 3.05) is 0 Å². The maximum atomic E-state index is 11.0. The Labute approximate surface area is 172 Å². The lowest BCUT2D eigenvalue weighted by atomic mass is 9.91. The Morgan fingerprint density at radius 2 is 1.23 bits per heavy atom. The van der Waals surface area contributed by atoms with Gasteiger partial charge in [0.1, 0.15) is 5.75 Å². The van der Waals surface area contributed by atoms with Gasteiger partial charge in [-0.15, -0.1) is 0 Å². The fraction of sp³-hybridized carbons (Fsp3) is 0. The second kappa shape index (κ2) is 5.52. The van der Waals surface area contributed by atoms with Crippen molar-refractivity contribution in [3.8, 4) is 11.4 Å². The molecule has 1 aromatic heterocycles. The third kappa shape index (κ3) is 1.84. The van der Waals surface area contributed by atoms with Crippen LogP contribution in [0, 0.1) is 0 Å². The molecule has 0 aliphatic carbocycles. The van der Waals surface area contributed by atoms with Gasteiger partial charge in [-0.2, -0.15) is 0 Å². The monoisotopic (exact) mass is 383 g/mol. The van der Waals surface area contributed by atoms with Gasteiger partial charge in [0.05, 0.1) is 11.0 Å². The molecule has 0 atom stereocenters. The normalized spacial score (nSPS) is 12.1. The van der Waals surface area contributed by atoms with Crippen LogP contribution in [-0.4, -0.2) is 9.67 Å². The van der Waals surface area contributed by atoms with Gasteiger partial charge in [-0.05, 0) is 62.6 Å². The molecule has 0 fully saturated rings. The van der Waals surface area contributed by atoms with E-state index in [1.807, 2.05) is 24.3 Å². The highest BCUT2D eigenvalue weighted by atomic mass is 16.3. The van der Waals surface area contributed by atoms with Crippen LogP contribution < -0.4 is 0 Å². The summed E-state index contributed by atoms with van der Waals surface area (Å²) in [4.78, 5) is 0. The molecule has 140 valence electrons. The first-order chi connectivity index (χ1) is 14.8. The zero-order valence-electron chi connectivity index (χ0n) is 16.1. The Kier molecular flexibility index (Phi) is 2.91. The van der Waals surface area contributed by atoms with Crippen molar-refractivity contribution in [2.45, 2.75) is 0 Å². The number of phenolic OH excluding ortho intramolecular Hbond substituents is 1. The van der Waals surface area contributed by atoms with Crippen molar-refractivity contribution in [2.24, 2.45) is 0 Å². The number of benzene rings is 6. The number of aromatic nitrogens is 1. The number of phenols is 1. The number of fused-ring (bicyclic) bond motifs is 5. The van der Waals surface area contributed by atoms with Gasteiger partial charge in [0.25, 0.3) is 0 Å². The largest absolute Gasteiger partial charge is 0.506 e. The summed E-state index contributed by atoms with van der Waals surface area (Å²) >= 11 is 0. The SMILES string of the molecule is Oc1ccc2c3ccc4ccccc4c3c3cccc4c3c2c1n4-c1ccccc1. The van der Waals surface area contributed by atoms with E-state index in [4.69, 9.17) is 0 Å². The summed E-state index contributed by atoms with van der Waals surface area (Å²) < 4.78 is 2.20. The molecule has 0 saturated heterocycles. The summed E-state index contributed by atoms with van der Waals surface area (Å²) in [5.41, 5.74) is 3.05. The van der Waals surface area contributed by atoms with E-state index in [1.54, 1.807) is 0 Å². The Bertz CT molecular complexity index is 1740. The van der Waals surface area contributed by atoms with Crippen LogP contribution in [0.3, 0.4) is 0 Å². The highest BCUT2D eigenvalue weighted by Crippen LogP contribution is 2.47. The molecule has 0 saturated carbocycles. The van der Waals surface area contributed by atoms with Crippen LogP contribution in [0.4, 0.5) is 0 Å². The van der Waals surface area contributed by atoms with Crippen LogP contribution in [0.2, 0.25) is 0 Å².